The zero-order chi connectivity index (χ0) is 36.4. The van der Waals surface area contributed by atoms with Crippen LogP contribution in [0.4, 0.5) is 0 Å². The Bertz CT molecular complexity index is 842. The molecule has 0 aromatic rings. The molecule has 0 aromatic heterocycles. The van der Waals surface area contributed by atoms with E-state index in [2.05, 4.69) is 67.8 Å². The molecule has 0 fully saturated rings. The maximum absolute atomic E-state index is 12.3. The Labute approximate surface area is 311 Å². The first kappa shape index (κ1) is 48.1. The summed E-state index contributed by atoms with van der Waals surface area (Å²) in [6, 6.07) is -0.619. The molecule has 2 atom stereocenters. The minimum absolute atomic E-state index is 0.0692. The highest BCUT2D eigenvalue weighted by molar-refractivity contribution is 5.76. The smallest absolute Gasteiger partial charge is 0.220 e. The van der Waals surface area contributed by atoms with E-state index in [9.17, 15) is 15.0 Å². The fourth-order valence-corrected chi connectivity index (χ4v) is 6.23. The lowest BCUT2D eigenvalue weighted by Gasteiger charge is -2.20. The number of carbonyl (C=O) groups excluding carboxylic acids is 1. The first-order valence-corrected chi connectivity index (χ1v) is 21.5. The summed E-state index contributed by atoms with van der Waals surface area (Å²) in [6.07, 6.45) is 57.8. The van der Waals surface area contributed by atoms with E-state index in [0.29, 0.717) is 6.42 Å². The van der Waals surface area contributed by atoms with Crippen molar-refractivity contribution in [2.24, 2.45) is 0 Å². The summed E-state index contributed by atoms with van der Waals surface area (Å²) < 4.78 is 0. The van der Waals surface area contributed by atoms with Crippen LogP contribution in [0.15, 0.2) is 60.8 Å². The quantitative estimate of drug-likeness (QED) is 0.0444. The standard InChI is InChI=1S/C46H83NO3/c1-3-5-7-9-11-12-13-14-15-16-17-18-19-20-21-22-23-24-25-26-27-28-29-30-31-32-33-34-36-38-40-42-46(50)47-44(43-48)45(49)41-39-37-35-10-8-6-4-2/h5,7,11-12,14-15,17-18,39,41,44-45,48-49H,3-4,6,8-10,13,16,19-38,40,42-43H2,1-2H3,(H,47,50)/b7-5-,12-11-,15-14-,18-17-,41-39+. The fourth-order valence-electron chi connectivity index (χ4n) is 6.23. The molecule has 2 unspecified atom stereocenters. The average Bonchev–Trinajstić information content (AvgIpc) is 3.12. The van der Waals surface area contributed by atoms with Gasteiger partial charge in [0.1, 0.15) is 0 Å². The predicted octanol–water partition coefficient (Wildman–Crippen LogP) is 13.3. The van der Waals surface area contributed by atoms with Crippen molar-refractivity contribution in [3.63, 3.8) is 0 Å². The normalized spacial score (nSPS) is 13.6. The van der Waals surface area contributed by atoms with Gasteiger partial charge in [-0.25, -0.2) is 0 Å². The van der Waals surface area contributed by atoms with Crippen LogP contribution >= 0.6 is 0 Å². The lowest BCUT2D eigenvalue weighted by atomic mass is 10.0. The van der Waals surface area contributed by atoms with Gasteiger partial charge in [0, 0.05) is 6.42 Å². The third-order valence-electron chi connectivity index (χ3n) is 9.51. The van der Waals surface area contributed by atoms with Gasteiger partial charge in [0.25, 0.3) is 0 Å². The van der Waals surface area contributed by atoms with Crippen molar-refractivity contribution < 1.29 is 15.0 Å². The fraction of sp³-hybridized carbons (Fsp3) is 0.761. The molecule has 3 N–H and O–H groups in total. The summed E-state index contributed by atoms with van der Waals surface area (Å²) in [6.45, 7) is 4.14. The number of unbranched alkanes of at least 4 members (excludes halogenated alkanes) is 23. The van der Waals surface area contributed by atoms with Crippen LogP contribution in [0.2, 0.25) is 0 Å². The zero-order valence-corrected chi connectivity index (χ0v) is 33.2. The third-order valence-corrected chi connectivity index (χ3v) is 9.51. The Morgan fingerprint density at radius 3 is 1.32 bits per heavy atom. The van der Waals surface area contributed by atoms with Crippen molar-refractivity contribution in [2.75, 3.05) is 6.61 Å². The van der Waals surface area contributed by atoms with Crippen molar-refractivity contribution in [1.29, 1.82) is 0 Å². The topological polar surface area (TPSA) is 69.6 Å². The number of hydrogen-bond acceptors (Lipinski definition) is 3. The number of aliphatic hydroxyl groups is 2. The molecule has 0 rings (SSSR count). The monoisotopic (exact) mass is 698 g/mol. The third kappa shape index (κ3) is 37.3. The van der Waals surface area contributed by atoms with Crippen LogP contribution in [0.1, 0.15) is 206 Å². The maximum Gasteiger partial charge on any atom is 0.220 e. The minimum atomic E-state index is -0.835. The molecule has 0 spiro atoms. The molecule has 0 saturated heterocycles. The van der Waals surface area contributed by atoms with Crippen molar-refractivity contribution in [3.8, 4) is 0 Å². The molecule has 0 heterocycles. The molecule has 290 valence electrons. The van der Waals surface area contributed by atoms with Crippen LogP contribution in [0.3, 0.4) is 0 Å². The Hall–Kier alpha value is -1.91. The van der Waals surface area contributed by atoms with Gasteiger partial charge in [-0.3, -0.25) is 4.79 Å². The van der Waals surface area contributed by atoms with Crippen LogP contribution in [0.25, 0.3) is 0 Å². The Kier molecular flexibility index (Phi) is 39.9. The van der Waals surface area contributed by atoms with Gasteiger partial charge < -0.3 is 15.5 Å². The first-order chi connectivity index (χ1) is 24.7. The number of amides is 1. The second-order valence-electron chi connectivity index (χ2n) is 14.4. The van der Waals surface area contributed by atoms with E-state index >= 15 is 0 Å². The minimum Gasteiger partial charge on any atom is -0.394 e. The van der Waals surface area contributed by atoms with Crippen molar-refractivity contribution in [3.05, 3.63) is 60.8 Å². The van der Waals surface area contributed by atoms with Crippen LogP contribution in [-0.2, 0) is 4.79 Å². The molecule has 1 amide bonds. The number of allylic oxidation sites excluding steroid dienone is 9. The van der Waals surface area contributed by atoms with E-state index in [-0.39, 0.29) is 12.5 Å². The summed E-state index contributed by atoms with van der Waals surface area (Å²) in [5, 5.41) is 22.8. The van der Waals surface area contributed by atoms with Crippen molar-refractivity contribution in [1.82, 2.24) is 5.32 Å². The molecule has 4 nitrogen and oxygen atoms in total. The van der Waals surface area contributed by atoms with Crippen LogP contribution < -0.4 is 5.32 Å². The predicted molar refractivity (Wildman–Crippen MR) is 221 cm³/mol. The second kappa shape index (κ2) is 41.5. The summed E-state index contributed by atoms with van der Waals surface area (Å²) >= 11 is 0. The summed E-state index contributed by atoms with van der Waals surface area (Å²) in [5.41, 5.74) is 0. The SMILES string of the molecule is CC/C=C\C/C=C\C/C=C\C/C=C\CCCCCCCCCCCCCCCCCCCCC(=O)NC(CO)C(O)/C=C/CCCCCCC. The van der Waals surface area contributed by atoms with Crippen LogP contribution in [0.5, 0.6) is 0 Å². The van der Waals surface area contributed by atoms with Crippen molar-refractivity contribution >= 4 is 5.91 Å². The van der Waals surface area contributed by atoms with Gasteiger partial charge in [0.05, 0.1) is 18.8 Å². The van der Waals surface area contributed by atoms with Gasteiger partial charge in [0.15, 0.2) is 0 Å². The first-order valence-electron chi connectivity index (χ1n) is 21.5. The van der Waals surface area contributed by atoms with Crippen LogP contribution in [-0.4, -0.2) is 34.9 Å². The van der Waals surface area contributed by atoms with E-state index in [1.54, 1.807) is 6.08 Å². The van der Waals surface area contributed by atoms with Gasteiger partial charge in [-0.2, -0.15) is 0 Å². The van der Waals surface area contributed by atoms with Gasteiger partial charge in [-0.1, -0.05) is 203 Å². The molecule has 0 aliphatic carbocycles. The van der Waals surface area contributed by atoms with Gasteiger partial charge in [-0.15, -0.1) is 0 Å². The molecule has 0 radical (unpaired) electrons. The lowest BCUT2D eigenvalue weighted by molar-refractivity contribution is -0.123. The Morgan fingerprint density at radius 2 is 0.880 bits per heavy atom. The number of nitrogens with one attached hydrogen (secondary N) is 1. The highest BCUT2D eigenvalue weighted by Gasteiger charge is 2.17. The molecule has 0 aromatic carbocycles. The molecule has 0 saturated carbocycles. The average molecular weight is 698 g/mol. The van der Waals surface area contributed by atoms with E-state index in [1.807, 2.05) is 6.08 Å². The van der Waals surface area contributed by atoms with E-state index in [4.69, 9.17) is 0 Å². The molecular weight excluding hydrogens is 615 g/mol. The molecule has 4 heteroatoms. The number of hydrogen-bond donors (Lipinski definition) is 3. The molecule has 0 aliphatic heterocycles. The molecule has 50 heavy (non-hydrogen) atoms. The van der Waals surface area contributed by atoms with Gasteiger partial charge in [-0.05, 0) is 57.8 Å². The Morgan fingerprint density at radius 1 is 0.500 bits per heavy atom. The number of rotatable bonds is 38. The summed E-state index contributed by atoms with van der Waals surface area (Å²) in [7, 11) is 0. The van der Waals surface area contributed by atoms with Gasteiger partial charge in [0.2, 0.25) is 5.91 Å². The highest BCUT2D eigenvalue weighted by Crippen LogP contribution is 2.15. The number of carbonyl (C=O) groups is 1. The summed E-state index contributed by atoms with van der Waals surface area (Å²) in [5.74, 6) is -0.0692. The van der Waals surface area contributed by atoms with Crippen molar-refractivity contribution in [2.45, 2.75) is 219 Å². The van der Waals surface area contributed by atoms with E-state index < -0.39 is 12.1 Å². The largest absolute Gasteiger partial charge is 0.394 e. The second-order valence-corrected chi connectivity index (χ2v) is 14.4. The summed E-state index contributed by atoms with van der Waals surface area (Å²) in [4.78, 5) is 12.3. The number of aliphatic hydroxyl groups excluding tert-OH is 2. The Balaban J connectivity index is 3.43. The molecule has 0 aliphatic rings. The molecule has 0 bridgehead atoms. The zero-order valence-electron chi connectivity index (χ0n) is 33.2. The van der Waals surface area contributed by atoms with Gasteiger partial charge >= 0.3 is 0 Å². The maximum atomic E-state index is 12.3. The van der Waals surface area contributed by atoms with E-state index in [0.717, 1.165) is 51.4 Å². The van der Waals surface area contributed by atoms with Crippen LogP contribution in [0, 0.1) is 0 Å². The highest BCUT2D eigenvalue weighted by atomic mass is 16.3. The molecular formula is C46H83NO3. The lowest BCUT2D eigenvalue weighted by Crippen LogP contribution is -2.45. The van der Waals surface area contributed by atoms with E-state index in [1.165, 1.54) is 135 Å².